The molecule has 1 aliphatic heterocycles. The lowest BCUT2D eigenvalue weighted by Crippen LogP contribution is -2.29. The highest BCUT2D eigenvalue weighted by Gasteiger charge is 2.46. The minimum atomic E-state index is -0.755. The maximum absolute atomic E-state index is 13.2. The van der Waals surface area contributed by atoms with Crippen LogP contribution in [-0.4, -0.2) is 28.3 Å². The number of aliphatic hydroxyl groups is 1. The van der Waals surface area contributed by atoms with Crippen LogP contribution in [0.1, 0.15) is 53.8 Å². The van der Waals surface area contributed by atoms with Gasteiger partial charge in [0.05, 0.1) is 31.0 Å². The first-order valence-electron chi connectivity index (χ1n) is 11.5. The second-order valence-electron chi connectivity index (χ2n) is 8.60. The van der Waals surface area contributed by atoms with Crippen LogP contribution < -0.4 is 4.74 Å². The number of carbonyl (C=O) groups excluding carboxylic acids is 2. The number of unbranched alkanes of at least 4 members (excludes halogenated alkanes) is 1. The van der Waals surface area contributed by atoms with Gasteiger partial charge >= 0.3 is 0 Å². The number of carbonyl (C=O) groups is 2. The van der Waals surface area contributed by atoms with Crippen LogP contribution in [-0.2, 0) is 16.1 Å². The van der Waals surface area contributed by atoms with Gasteiger partial charge in [0, 0.05) is 5.56 Å². The fourth-order valence-corrected chi connectivity index (χ4v) is 4.18. The highest BCUT2D eigenvalue weighted by Crippen LogP contribution is 2.41. The number of aliphatic hydroxyl groups excluding tert-OH is 1. The third kappa shape index (κ3) is 4.62. The van der Waals surface area contributed by atoms with E-state index in [0.29, 0.717) is 23.5 Å². The number of ketones is 1. The SMILES string of the molecule is CCCCOc1ccc(C2/C(=C(\O)c3cc(C)ccc3C)C(=O)C(=O)N2Cc2ccco2)cc1. The van der Waals surface area contributed by atoms with Gasteiger partial charge in [0.2, 0.25) is 0 Å². The zero-order chi connectivity index (χ0) is 24.2. The number of amides is 1. The second-order valence-corrected chi connectivity index (χ2v) is 8.60. The molecule has 0 radical (unpaired) electrons. The predicted molar refractivity (Wildman–Crippen MR) is 129 cm³/mol. The smallest absolute Gasteiger partial charge is 0.296 e. The number of furan rings is 1. The van der Waals surface area contributed by atoms with Crippen molar-refractivity contribution in [3.8, 4) is 5.75 Å². The lowest BCUT2D eigenvalue weighted by Gasteiger charge is -2.25. The molecule has 1 fully saturated rings. The van der Waals surface area contributed by atoms with Crippen molar-refractivity contribution in [1.29, 1.82) is 0 Å². The van der Waals surface area contributed by atoms with Crippen LogP contribution in [0.3, 0.4) is 0 Å². The molecule has 2 heterocycles. The molecule has 1 aliphatic rings. The average Bonchev–Trinajstić information content (AvgIpc) is 3.43. The molecule has 2 aromatic carbocycles. The van der Waals surface area contributed by atoms with E-state index in [1.54, 1.807) is 12.1 Å². The van der Waals surface area contributed by atoms with E-state index in [4.69, 9.17) is 9.15 Å². The first kappa shape index (κ1) is 23.4. The highest BCUT2D eigenvalue weighted by atomic mass is 16.5. The van der Waals surface area contributed by atoms with Gasteiger partial charge in [-0.15, -0.1) is 0 Å². The molecule has 176 valence electrons. The Bertz CT molecular complexity index is 1210. The van der Waals surface area contributed by atoms with Gasteiger partial charge in [0.15, 0.2) is 0 Å². The van der Waals surface area contributed by atoms with Crippen molar-refractivity contribution < 1.29 is 23.8 Å². The molecular weight excluding hydrogens is 430 g/mol. The van der Waals surface area contributed by atoms with Crippen LogP contribution in [0, 0.1) is 13.8 Å². The molecule has 0 spiro atoms. The number of benzene rings is 2. The summed E-state index contributed by atoms with van der Waals surface area (Å²) in [6, 6.07) is 15.7. The molecule has 1 atom stereocenters. The Morgan fingerprint density at radius 2 is 1.85 bits per heavy atom. The maximum atomic E-state index is 13.2. The van der Waals surface area contributed by atoms with Crippen LogP contribution >= 0.6 is 0 Å². The number of rotatable bonds is 8. The average molecular weight is 460 g/mol. The van der Waals surface area contributed by atoms with Crippen LogP contribution in [0.4, 0.5) is 0 Å². The first-order chi connectivity index (χ1) is 16.4. The third-order valence-electron chi connectivity index (χ3n) is 6.06. The number of ether oxygens (including phenoxy) is 1. The zero-order valence-corrected chi connectivity index (χ0v) is 19.7. The fourth-order valence-electron chi connectivity index (χ4n) is 4.18. The van der Waals surface area contributed by atoms with Crippen molar-refractivity contribution in [2.24, 2.45) is 0 Å². The Labute approximate surface area is 199 Å². The molecule has 1 amide bonds. The Kier molecular flexibility index (Phi) is 6.87. The molecule has 6 heteroatoms. The molecule has 34 heavy (non-hydrogen) atoms. The van der Waals surface area contributed by atoms with E-state index in [9.17, 15) is 14.7 Å². The van der Waals surface area contributed by atoms with Crippen molar-refractivity contribution in [3.63, 3.8) is 0 Å². The first-order valence-corrected chi connectivity index (χ1v) is 11.5. The maximum Gasteiger partial charge on any atom is 0.296 e. The quantitative estimate of drug-likeness (QED) is 0.202. The summed E-state index contributed by atoms with van der Waals surface area (Å²) >= 11 is 0. The van der Waals surface area contributed by atoms with Crippen molar-refractivity contribution in [3.05, 3.63) is 94.4 Å². The van der Waals surface area contributed by atoms with Gasteiger partial charge in [0.25, 0.3) is 11.7 Å². The molecule has 1 unspecified atom stereocenters. The fraction of sp³-hybridized carbons (Fsp3) is 0.286. The summed E-state index contributed by atoms with van der Waals surface area (Å²) in [6.07, 6.45) is 3.53. The van der Waals surface area contributed by atoms with Gasteiger partial charge in [-0.05, 0) is 61.7 Å². The molecule has 0 bridgehead atoms. The molecule has 1 aromatic heterocycles. The summed E-state index contributed by atoms with van der Waals surface area (Å²) in [5.74, 6) is -0.280. The molecule has 1 saturated heterocycles. The second kappa shape index (κ2) is 10.00. The molecular formula is C28H29NO5. The summed E-state index contributed by atoms with van der Waals surface area (Å²) in [4.78, 5) is 27.8. The Hall–Kier alpha value is -3.80. The molecule has 3 aromatic rings. The number of nitrogens with zero attached hydrogens (tertiary/aromatic N) is 1. The monoisotopic (exact) mass is 459 g/mol. The van der Waals surface area contributed by atoms with Gasteiger partial charge in [-0.3, -0.25) is 9.59 Å². The van der Waals surface area contributed by atoms with Crippen molar-refractivity contribution in [1.82, 2.24) is 4.90 Å². The van der Waals surface area contributed by atoms with Gasteiger partial charge < -0.3 is 19.2 Å². The van der Waals surface area contributed by atoms with Crippen molar-refractivity contribution >= 4 is 17.4 Å². The van der Waals surface area contributed by atoms with Gasteiger partial charge in [-0.25, -0.2) is 0 Å². The predicted octanol–water partition coefficient (Wildman–Crippen LogP) is 5.70. The van der Waals surface area contributed by atoms with Crippen molar-refractivity contribution in [2.45, 2.75) is 46.2 Å². The Balaban J connectivity index is 1.79. The summed E-state index contributed by atoms with van der Waals surface area (Å²) in [5.41, 5.74) is 3.09. The van der Waals surface area contributed by atoms with Gasteiger partial charge in [0.1, 0.15) is 17.3 Å². The summed E-state index contributed by atoms with van der Waals surface area (Å²) in [6.45, 7) is 6.62. The largest absolute Gasteiger partial charge is 0.507 e. The van der Waals surface area contributed by atoms with E-state index in [2.05, 4.69) is 6.92 Å². The lowest BCUT2D eigenvalue weighted by atomic mass is 9.93. The van der Waals surface area contributed by atoms with Crippen LogP contribution in [0.25, 0.3) is 5.76 Å². The number of likely N-dealkylation sites (tertiary alicyclic amines) is 1. The van der Waals surface area contributed by atoms with E-state index < -0.39 is 17.7 Å². The summed E-state index contributed by atoms with van der Waals surface area (Å²) < 4.78 is 11.2. The molecule has 0 saturated carbocycles. The topological polar surface area (TPSA) is 80.0 Å². The van der Waals surface area contributed by atoms with Gasteiger partial charge in [-0.2, -0.15) is 0 Å². The molecule has 6 nitrogen and oxygen atoms in total. The lowest BCUT2D eigenvalue weighted by molar-refractivity contribution is -0.140. The standard InChI is InChI=1S/C28H29NO5/c1-4-5-14-33-21-12-10-20(11-13-21)25-24(26(30)23-16-18(2)8-9-19(23)3)27(31)28(32)29(25)17-22-7-6-15-34-22/h6-13,15-16,25,30H,4-5,14,17H2,1-3H3/b26-24+. The van der Waals surface area contributed by atoms with Crippen LogP contribution in [0.15, 0.2) is 70.9 Å². The minimum absolute atomic E-state index is 0.0740. The number of hydrogen-bond acceptors (Lipinski definition) is 5. The van der Waals surface area contributed by atoms with E-state index >= 15 is 0 Å². The molecule has 0 aliphatic carbocycles. The van der Waals surface area contributed by atoms with E-state index in [0.717, 1.165) is 29.7 Å². The zero-order valence-electron chi connectivity index (χ0n) is 19.7. The van der Waals surface area contributed by atoms with E-state index in [1.807, 2.05) is 56.3 Å². The number of Topliss-reactive ketones (excluding diaryl/α,β-unsaturated/α-hetero) is 1. The number of hydrogen-bond donors (Lipinski definition) is 1. The van der Waals surface area contributed by atoms with E-state index in [-0.39, 0.29) is 17.9 Å². The highest BCUT2D eigenvalue weighted by molar-refractivity contribution is 6.46. The Morgan fingerprint density at radius 1 is 1.09 bits per heavy atom. The molecule has 4 rings (SSSR count). The minimum Gasteiger partial charge on any atom is -0.507 e. The van der Waals surface area contributed by atoms with Crippen LogP contribution in [0.5, 0.6) is 5.75 Å². The normalized spacial score (nSPS) is 17.4. The summed E-state index contributed by atoms with van der Waals surface area (Å²) in [7, 11) is 0. The van der Waals surface area contributed by atoms with Crippen LogP contribution in [0.2, 0.25) is 0 Å². The van der Waals surface area contributed by atoms with Gasteiger partial charge in [-0.1, -0.05) is 43.2 Å². The van der Waals surface area contributed by atoms with E-state index in [1.165, 1.54) is 11.2 Å². The summed E-state index contributed by atoms with van der Waals surface area (Å²) in [5, 5.41) is 11.3. The Morgan fingerprint density at radius 3 is 2.53 bits per heavy atom. The molecule has 1 N–H and O–H groups in total. The number of aryl methyl sites for hydroxylation is 2. The van der Waals surface area contributed by atoms with Crippen molar-refractivity contribution in [2.75, 3.05) is 6.61 Å². The third-order valence-corrected chi connectivity index (χ3v) is 6.06.